The van der Waals surface area contributed by atoms with Gasteiger partial charge in [-0.3, -0.25) is 4.79 Å². The van der Waals surface area contributed by atoms with Crippen molar-refractivity contribution in [3.05, 3.63) is 0 Å². The number of hydrogen-bond donors (Lipinski definition) is 2. The van der Waals surface area contributed by atoms with Gasteiger partial charge in [0, 0.05) is 20.1 Å². The van der Waals surface area contributed by atoms with Crippen LogP contribution in [0.5, 0.6) is 0 Å². The molecule has 0 saturated carbocycles. The first-order valence-corrected chi connectivity index (χ1v) is 3.23. The lowest BCUT2D eigenvalue weighted by Crippen LogP contribution is -2.29. The van der Waals surface area contributed by atoms with E-state index in [9.17, 15) is 4.79 Å². The molecule has 0 aromatic heterocycles. The smallest absolute Gasteiger partial charge is 0.320 e. The van der Waals surface area contributed by atoms with Gasteiger partial charge < -0.3 is 15.2 Å². The van der Waals surface area contributed by atoms with Crippen LogP contribution in [0.25, 0.3) is 0 Å². The number of carbonyl (C=O) groups is 1. The number of rotatable bonds is 2. The van der Waals surface area contributed by atoms with Gasteiger partial charge in [0.2, 0.25) is 0 Å². The van der Waals surface area contributed by atoms with Gasteiger partial charge in [0.15, 0.2) is 0 Å². The molecule has 12 heavy (non-hydrogen) atoms. The van der Waals surface area contributed by atoms with Crippen molar-refractivity contribution in [1.82, 2.24) is 5.32 Å². The van der Waals surface area contributed by atoms with Gasteiger partial charge in [-0.25, -0.2) is 0 Å². The van der Waals surface area contributed by atoms with Gasteiger partial charge in [-0.2, -0.15) is 27.0 Å². The summed E-state index contributed by atoms with van der Waals surface area (Å²) >= 11 is 0. The highest BCUT2D eigenvalue weighted by Crippen LogP contribution is 2.08. The van der Waals surface area contributed by atoms with Crippen LogP contribution >= 0.6 is 27.0 Å². The third-order valence-corrected chi connectivity index (χ3v) is 1.72. The van der Waals surface area contributed by atoms with E-state index in [1.54, 1.807) is 7.11 Å². The minimum atomic E-state index is -0.792. The molecule has 0 bridgehead atoms. The number of hydrogen-bond acceptors (Lipinski definition) is 3. The summed E-state index contributed by atoms with van der Waals surface area (Å²) in [6, 6.07) is -0.412. The average molecular weight is 213 g/mol. The monoisotopic (exact) mass is 213 g/mol. The Kier molecular flexibility index (Phi) is 8.02. The summed E-state index contributed by atoms with van der Waals surface area (Å²) in [6.45, 7) is 0.646. The van der Waals surface area contributed by atoms with Crippen LogP contribution < -0.4 is 5.32 Å². The van der Waals surface area contributed by atoms with Gasteiger partial charge in [0.05, 0.1) is 6.10 Å². The molecule has 0 aliphatic carbocycles. The number of aliphatic carboxylic acids is 1. The fourth-order valence-corrected chi connectivity index (χ4v) is 1.07. The molecule has 0 spiro atoms. The molecular formula is C6H15NO3S2. The van der Waals surface area contributed by atoms with E-state index in [2.05, 4.69) is 5.32 Å². The van der Waals surface area contributed by atoms with Gasteiger partial charge in [-0.05, 0) is 0 Å². The summed E-state index contributed by atoms with van der Waals surface area (Å²) in [5.41, 5.74) is 0. The molecule has 2 N–H and O–H groups in total. The number of carboxylic acids is 1. The lowest BCUT2D eigenvalue weighted by Gasteiger charge is -2.03. The van der Waals surface area contributed by atoms with Crippen LogP contribution in [-0.2, 0) is 9.53 Å². The second-order valence-electron chi connectivity index (χ2n) is 2.39. The molecule has 4 nitrogen and oxygen atoms in total. The van der Waals surface area contributed by atoms with Crippen LogP contribution in [0.15, 0.2) is 0 Å². The van der Waals surface area contributed by atoms with Crippen LogP contribution in [0.3, 0.4) is 0 Å². The fraction of sp³-hybridized carbons (Fsp3) is 0.833. The Morgan fingerprint density at radius 2 is 2.17 bits per heavy atom. The van der Waals surface area contributed by atoms with E-state index in [-0.39, 0.29) is 33.1 Å². The highest BCUT2D eigenvalue weighted by molar-refractivity contribution is 7.59. The Labute approximate surface area is 85.6 Å². The summed E-state index contributed by atoms with van der Waals surface area (Å²) in [6.07, 6.45) is 0.646. The Hall–Kier alpha value is 0.0900. The molecule has 6 heteroatoms. The van der Waals surface area contributed by atoms with Crippen molar-refractivity contribution in [2.24, 2.45) is 0 Å². The van der Waals surface area contributed by atoms with Crippen molar-refractivity contribution in [1.29, 1.82) is 0 Å². The van der Waals surface area contributed by atoms with Crippen molar-refractivity contribution in [2.45, 2.75) is 18.6 Å². The highest BCUT2D eigenvalue weighted by atomic mass is 32.1. The Balaban J connectivity index is 0. The summed E-state index contributed by atoms with van der Waals surface area (Å²) in [5.74, 6) is -0.792. The van der Waals surface area contributed by atoms with Gasteiger partial charge >= 0.3 is 5.97 Å². The minimum Gasteiger partial charge on any atom is -0.480 e. The van der Waals surface area contributed by atoms with E-state index >= 15 is 0 Å². The Morgan fingerprint density at radius 3 is 2.42 bits per heavy atom. The van der Waals surface area contributed by atoms with Gasteiger partial charge in [-0.15, -0.1) is 0 Å². The van der Waals surface area contributed by atoms with Crippen molar-refractivity contribution in [2.75, 3.05) is 13.7 Å². The van der Waals surface area contributed by atoms with E-state index in [0.717, 1.165) is 0 Å². The second-order valence-corrected chi connectivity index (χ2v) is 2.39. The zero-order valence-electron chi connectivity index (χ0n) is 6.83. The number of ether oxygens (including phenoxy) is 1. The summed E-state index contributed by atoms with van der Waals surface area (Å²) in [4.78, 5) is 10.3. The van der Waals surface area contributed by atoms with Crippen molar-refractivity contribution in [3.63, 3.8) is 0 Å². The predicted octanol–water partition coefficient (Wildman–Crippen LogP) is -0.326. The van der Waals surface area contributed by atoms with E-state index in [4.69, 9.17) is 9.84 Å². The van der Waals surface area contributed by atoms with Gasteiger partial charge in [0.25, 0.3) is 0 Å². The summed E-state index contributed by atoms with van der Waals surface area (Å²) in [7, 11) is 1.59. The molecule has 1 rings (SSSR count). The molecule has 1 fully saturated rings. The molecule has 1 saturated heterocycles. The highest BCUT2D eigenvalue weighted by Gasteiger charge is 2.28. The lowest BCUT2D eigenvalue weighted by atomic mass is 10.2. The van der Waals surface area contributed by atoms with Crippen LogP contribution in [-0.4, -0.2) is 36.9 Å². The molecule has 2 atom stereocenters. The van der Waals surface area contributed by atoms with E-state index in [0.29, 0.717) is 13.0 Å². The third kappa shape index (κ3) is 3.66. The average Bonchev–Trinajstić information content (AvgIpc) is 2.34. The normalized spacial score (nSPS) is 27.1. The zero-order valence-corrected chi connectivity index (χ0v) is 8.83. The maximum atomic E-state index is 10.3. The SMILES string of the molecule is CO[C@@H]1CN[C@H](C(=O)O)C1.S.S. The molecule has 1 aliphatic heterocycles. The number of carboxylic acid groups (broad SMARTS) is 1. The van der Waals surface area contributed by atoms with Crippen LogP contribution in [0.2, 0.25) is 0 Å². The molecule has 0 unspecified atom stereocenters. The maximum Gasteiger partial charge on any atom is 0.320 e. The fourth-order valence-electron chi connectivity index (χ4n) is 1.07. The quantitative estimate of drug-likeness (QED) is 0.660. The van der Waals surface area contributed by atoms with Crippen LogP contribution in [0, 0.1) is 0 Å². The lowest BCUT2D eigenvalue weighted by molar-refractivity contribution is -0.139. The van der Waals surface area contributed by atoms with E-state index in [1.807, 2.05) is 0 Å². The molecule has 0 amide bonds. The number of methoxy groups -OCH3 is 1. The van der Waals surface area contributed by atoms with E-state index < -0.39 is 12.0 Å². The molecular weight excluding hydrogens is 198 g/mol. The molecule has 74 valence electrons. The first-order chi connectivity index (χ1) is 4.74. The summed E-state index contributed by atoms with van der Waals surface area (Å²) in [5, 5.41) is 11.3. The van der Waals surface area contributed by atoms with Crippen molar-refractivity contribution in [3.8, 4) is 0 Å². The maximum absolute atomic E-state index is 10.3. The van der Waals surface area contributed by atoms with Crippen molar-refractivity contribution < 1.29 is 14.6 Å². The van der Waals surface area contributed by atoms with Crippen LogP contribution in [0.1, 0.15) is 6.42 Å². The standard InChI is InChI=1S/C6H11NO3.2H2S/c1-10-4-2-5(6(8)9)7-3-4;;/h4-5,7H,2-3H2,1H3,(H,8,9);2*1H2/t4-,5-;;/m0../s1. The molecule has 0 aromatic carbocycles. The van der Waals surface area contributed by atoms with Gasteiger partial charge in [0.1, 0.15) is 6.04 Å². The topological polar surface area (TPSA) is 58.6 Å². The molecule has 0 aromatic rings. The molecule has 0 radical (unpaired) electrons. The Bertz CT molecular complexity index is 145. The number of nitrogens with one attached hydrogen (secondary N) is 1. The first-order valence-electron chi connectivity index (χ1n) is 3.23. The van der Waals surface area contributed by atoms with Gasteiger partial charge in [-0.1, -0.05) is 0 Å². The molecule has 1 heterocycles. The third-order valence-electron chi connectivity index (χ3n) is 1.72. The van der Waals surface area contributed by atoms with E-state index in [1.165, 1.54) is 0 Å². The zero-order chi connectivity index (χ0) is 7.56. The Morgan fingerprint density at radius 1 is 1.58 bits per heavy atom. The first kappa shape index (κ1) is 14.6. The second kappa shape index (κ2) is 6.59. The minimum absolute atomic E-state index is 0. The largest absolute Gasteiger partial charge is 0.480 e. The van der Waals surface area contributed by atoms with Crippen LogP contribution in [0.4, 0.5) is 0 Å². The summed E-state index contributed by atoms with van der Waals surface area (Å²) < 4.78 is 4.97. The molecule has 1 aliphatic rings. The predicted molar refractivity (Wildman–Crippen MR) is 55.6 cm³/mol. The van der Waals surface area contributed by atoms with Crippen molar-refractivity contribution >= 4 is 33.0 Å².